The predicted octanol–water partition coefficient (Wildman–Crippen LogP) is 0.176. The van der Waals surface area contributed by atoms with Crippen molar-refractivity contribution in [2.45, 2.75) is 13.0 Å². The lowest BCUT2D eigenvalue weighted by Crippen LogP contribution is -2.35. The van der Waals surface area contributed by atoms with Crippen LogP contribution in [0.2, 0.25) is 0 Å². The zero-order chi connectivity index (χ0) is 13.5. The Kier molecular flexibility index (Phi) is 5.80. The number of nitrogens with one attached hydrogen (secondary N) is 1. The minimum absolute atomic E-state index is 0.264. The number of aromatic nitrogens is 2. The van der Waals surface area contributed by atoms with Crippen LogP contribution < -0.4 is 5.32 Å². The van der Waals surface area contributed by atoms with Crippen LogP contribution in [0.3, 0.4) is 0 Å². The van der Waals surface area contributed by atoms with Crippen LogP contribution in [-0.4, -0.2) is 54.2 Å². The average Bonchev–Trinajstić information content (AvgIpc) is 2.71. The molecule has 0 saturated heterocycles. The molecule has 6 heteroatoms. The van der Waals surface area contributed by atoms with Gasteiger partial charge in [0.2, 0.25) is 0 Å². The molecule has 1 rings (SSSR count). The van der Waals surface area contributed by atoms with Gasteiger partial charge in [0.05, 0.1) is 24.8 Å². The van der Waals surface area contributed by atoms with Crippen LogP contribution in [0.25, 0.3) is 0 Å². The summed E-state index contributed by atoms with van der Waals surface area (Å²) in [5, 5.41) is 3.20. The molecular formula is C12H22N4O2. The molecule has 0 bridgehead atoms. The average molecular weight is 254 g/mol. The second-order valence-electron chi connectivity index (χ2n) is 4.37. The first-order chi connectivity index (χ1) is 8.56. The Bertz CT molecular complexity index is 376. The number of nitrogens with zero attached hydrogens (tertiary/aromatic N) is 3. The van der Waals surface area contributed by atoms with Gasteiger partial charge in [-0.3, -0.25) is 5.32 Å². The lowest BCUT2D eigenvalue weighted by molar-refractivity contribution is -0.146. The SMILES string of the molecule is CCOC(=O)C(NCCN(C)C)c1cncn1C. The molecule has 0 saturated carbocycles. The molecule has 0 fully saturated rings. The second-order valence-corrected chi connectivity index (χ2v) is 4.37. The van der Waals surface area contributed by atoms with Crippen LogP contribution in [0.15, 0.2) is 12.5 Å². The first-order valence-corrected chi connectivity index (χ1v) is 6.07. The molecule has 18 heavy (non-hydrogen) atoms. The van der Waals surface area contributed by atoms with Gasteiger partial charge in [-0.15, -0.1) is 0 Å². The fourth-order valence-corrected chi connectivity index (χ4v) is 1.61. The number of ether oxygens (including phenoxy) is 1. The number of carbonyl (C=O) groups excluding carboxylic acids is 1. The van der Waals surface area contributed by atoms with Crippen LogP contribution in [0, 0.1) is 0 Å². The zero-order valence-corrected chi connectivity index (χ0v) is 11.5. The molecule has 0 radical (unpaired) electrons. The highest BCUT2D eigenvalue weighted by Crippen LogP contribution is 2.13. The Morgan fingerprint density at radius 3 is 2.83 bits per heavy atom. The van der Waals surface area contributed by atoms with Gasteiger partial charge in [0, 0.05) is 20.1 Å². The van der Waals surface area contributed by atoms with Crippen molar-refractivity contribution < 1.29 is 9.53 Å². The molecule has 0 aromatic carbocycles. The van der Waals surface area contributed by atoms with Crippen LogP contribution in [0.4, 0.5) is 0 Å². The molecule has 1 atom stereocenters. The molecule has 1 aromatic rings. The molecule has 0 spiro atoms. The Morgan fingerprint density at radius 2 is 2.33 bits per heavy atom. The van der Waals surface area contributed by atoms with Gasteiger partial charge >= 0.3 is 5.97 Å². The van der Waals surface area contributed by atoms with Crippen LogP contribution in [-0.2, 0) is 16.6 Å². The van der Waals surface area contributed by atoms with Crippen LogP contribution >= 0.6 is 0 Å². The summed E-state index contributed by atoms with van der Waals surface area (Å²) < 4.78 is 6.91. The summed E-state index contributed by atoms with van der Waals surface area (Å²) in [6.07, 6.45) is 3.36. The standard InChI is InChI=1S/C12H22N4O2/c1-5-18-12(17)11(14-6-7-15(2)3)10-8-13-9-16(10)4/h8-9,11,14H,5-7H2,1-4H3. The van der Waals surface area contributed by atoms with E-state index in [4.69, 9.17) is 4.74 Å². The molecule has 102 valence electrons. The highest BCUT2D eigenvalue weighted by Gasteiger charge is 2.23. The van der Waals surface area contributed by atoms with Gasteiger partial charge in [-0.1, -0.05) is 0 Å². The Morgan fingerprint density at radius 1 is 1.61 bits per heavy atom. The number of rotatable bonds is 7. The van der Waals surface area contributed by atoms with Crippen molar-refractivity contribution in [2.75, 3.05) is 33.8 Å². The van der Waals surface area contributed by atoms with Crippen LogP contribution in [0.1, 0.15) is 18.7 Å². The normalized spacial score (nSPS) is 12.7. The van der Waals surface area contributed by atoms with Crippen molar-refractivity contribution in [3.63, 3.8) is 0 Å². The van der Waals surface area contributed by atoms with Crippen molar-refractivity contribution in [3.05, 3.63) is 18.2 Å². The topological polar surface area (TPSA) is 59.4 Å². The zero-order valence-electron chi connectivity index (χ0n) is 11.5. The van der Waals surface area contributed by atoms with E-state index in [2.05, 4.69) is 15.2 Å². The smallest absolute Gasteiger partial charge is 0.329 e. The number of aryl methyl sites for hydroxylation is 1. The third-order valence-corrected chi connectivity index (χ3v) is 2.58. The van der Waals surface area contributed by atoms with Gasteiger partial charge in [-0.05, 0) is 21.0 Å². The molecular weight excluding hydrogens is 232 g/mol. The molecule has 0 amide bonds. The maximum atomic E-state index is 11.9. The molecule has 0 aliphatic carbocycles. The number of hydrogen-bond acceptors (Lipinski definition) is 5. The van der Waals surface area contributed by atoms with Crippen molar-refractivity contribution >= 4 is 5.97 Å². The Labute approximate surface area is 108 Å². The number of imidazole rings is 1. The summed E-state index contributed by atoms with van der Waals surface area (Å²) in [6.45, 7) is 3.75. The third-order valence-electron chi connectivity index (χ3n) is 2.58. The van der Waals surface area contributed by atoms with Crippen molar-refractivity contribution in [1.82, 2.24) is 19.8 Å². The van der Waals surface area contributed by atoms with E-state index in [1.165, 1.54) is 0 Å². The van der Waals surface area contributed by atoms with E-state index in [0.29, 0.717) is 13.2 Å². The number of esters is 1. The highest BCUT2D eigenvalue weighted by atomic mass is 16.5. The van der Waals surface area contributed by atoms with E-state index in [-0.39, 0.29) is 5.97 Å². The molecule has 1 N–H and O–H groups in total. The number of hydrogen-bond donors (Lipinski definition) is 1. The van der Waals surface area contributed by atoms with E-state index in [9.17, 15) is 4.79 Å². The Balaban J connectivity index is 2.70. The van der Waals surface area contributed by atoms with E-state index in [1.54, 1.807) is 19.4 Å². The summed E-state index contributed by atoms with van der Waals surface area (Å²) >= 11 is 0. The lowest BCUT2D eigenvalue weighted by atomic mass is 10.2. The molecule has 1 aromatic heterocycles. The monoisotopic (exact) mass is 254 g/mol. The van der Waals surface area contributed by atoms with Gasteiger partial charge in [-0.2, -0.15) is 0 Å². The van der Waals surface area contributed by atoms with Gasteiger partial charge in [0.1, 0.15) is 6.04 Å². The highest BCUT2D eigenvalue weighted by molar-refractivity contribution is 5.77. The quantitative estimate of drug-likeness (QED) is 0.703. The van der Waals surface area contributed by atoms with Gasteiger partial charge in [-0.25, -0.2) is 9.78 Å². The lowest BCUT2D eigenvalue weighted by Gasteiger charge is -2.19. The number of likely N-dealkylation sites (N-methyl/N-ethyl adjacent to an activating group) is 1. The minimum Gasteiger partial charge on any atom is -0.465 e. The van der Waals surface area contributed by atoms with Crippen molar-refractivity contribution in [1.29, 1.82) is 0 Å². The molecule has 6 nitrogen and oxygen atoms in total. The maximum Gasteiger partial charge on any atom is 0.329 e. The second kappa shape index (κ2) is 7.13. The van der Waals surface area contributed by atoms with Gasteiger partial charge < -0.3 is 14.2 Å². The summed E-state index contributed by atoms with van der Waals surface area (Å²) in [4.78, 5) is 18.0. The fraction of sp³-hybridized carbons (Fsp3) is 0.667. The largest absolute Gasteiger partial charge is 0.465 e. The van der Waals surface area contributed by atoms with Crippen LogP contribution in [0.5, 0.6) is 0 Å². The molecule has 1 unspecified atom stereocenters. The number of carbonyl (C=O) groups is 1. The maximum absolute atomic E-state index is 11.9. The molecule has 0 aliphatic heterocycles. The van der Waals surface area contributed by atoms with E-state index in [1.807, 2.05) is 25.7 Å². The van der Waals surface area contributed by atoms with Crippen molar-refractivity contribution in [2.24, 2.45) is 7.05 Å². The summed E-state index contributed by atoms with van der Waals surface area (Å²) in [6, 6.07) is -0.461. The van der Waals surface area contributed by atoms with E-state index >= 15 is 0 Å². The van der Waals surface area contributed by atoms with Gasteiger partial charge in [0.25, 0.3) is 0 Å². The predicted molar refractivity (Wildman–Crippen MR) is 69.1 cm³/mol. The third kappa shape index (κ3) is 4.12. The van der Waals surface area contributed by atoms with E-state index in [0.717, 1.165) is 12.2 Å². The first-order valence-electron chi connectivity index (χ1n) is 6.07. The van der Waals surface area contributed by atoms with E-state index < -0.39 is 6.04 Å². The fourth-order valence-electron chi connectivity index (χ4n) is 1.61. The summed E-state index contributed by atoms with van der Waals surface area (Å²) in [5.74, 6) is -0.264. The molecule has 1 heterocycles. The summed E-state index contributed by atoms with van der Waals surface area (Å²) in [5.41, 5.74) is 0.812. The van der Waals surface area contributed by atoms with Crippen molar-refractivity contribution in [3.8, 4) is 0 Å². The first kappa shape index (κ1) is 14.7. The molecule has 0 aliphatic rings. The Hall–Kier alpha value is -1.40. The van der Waals surface area contributed by atoms with Gasteiger partial charge in [0.15, 0.2) is 0 Å². The summed E-state index contributed by atoms with van der Waals surface area (Å²) in [7, 11) is 5.85. The minimum atomic E-state index is -0.461.